The summed E-state index contributed by atoms with van der Waals surface area (Å²) in [5.74, 6) is 6.37. The number of sulfone groups is 1. The Morgan fingerprint density at radius 1 is 1.39 bits per heavy atom. The van der Waals surface area contributed by atoms with Crippen molar-refractivity contribution in [2.45, 2.75) is 6.54 Å². The summed E-state index contributed by atoms with van der Waals surface area (Å²) in [4.78, 5) is 3.39. The number of hydrogen-bond donors (Lipinski definition) is 1. The molecule has 2 rings (SSSR count). The van der Waals surface area contributed by atoms with E-state index in [1.165, 1.54) is 4.88 Å². The van der Waals surface area contributed by atoms with Gasteiger partial charge in [0.2, 0.25) is 0 Å². The van der Waals surface area contributed by atoms with Gasteiger partial charge in [-0.3, -0.25) is 4.90 Å². The van der Waals surface area contributed by atoms with E-state index in [4.69, 9.17) is 5.73 Å². The molecule has 0 amide bonds. The maximum Gasteiger partial charge on any atom is 0.152 e. The van der Waals surface area contributed by atoms with Gasteiger partial charge in [0.1, 0.15) is 0 Å². The molecule has 1 aromatic rings. The third kappa shape index (κ3) is 3.82. The van der Waals surface area contributed by atoms with Crippen LogP contribution in [-0.4, -0.2) is 44.5 Å². The Balaban J connectivity index is 1.92. The minimum atomic E-state index is -2.79. The van der Waals surface area contributed by atoms with Crippen molar-refractivity contribution < 1.29 is 8.42 Å². The fourth-order valence-electron chi connectivity index (χ4n) is 1.81. The lowest BCUT2D eigenvalue weighted by Crippen LogP contribution is -2.39. The highest BCUT2D eigenvalue weighted by molar-refractivity contribution is 7.91. The van der Waals surface area contributed by atoms with Gasteiger partial charge in [0.15, 0.2) is 9.84 Å². The molecule has 1 aliphatic heterocycles. The van der Waals surface area contributed by atoms with Crippen molar-refractivity contribution in [3.05, 3.63) is 21.9 Å². The van der Waals surface area contributed by atoms with Crippen LogP contribution in [-0.2, 0) is 16.4 Å². The fraction of sp³-hybridized carbons (Fsp3) is 0.500. The smallest absolute Gasteiger partial charge is 0.152 e. The molecule has 18 heavy (non-hydrogen) atoms. The molecule has 6 heteroatoms. The standard InChI is InChI=1S/C12H16N2O2S2/c13-3-1-2-11-8-12(17-10-11)9-14-4-6-18(15,16)7-5-14/h8,10H,3-7,9,13H2. The molecule has 0 spiro atoms. The molecule has 1 aromatic heterocycles. The van der Waals surface area contributed by atoms with Gasteiger partial charge >= 0.3 is 0 Å². The molecule has 1 saturated heterocycles. The molecule has 0 aromatic carbocycles. The van der Waals surface area contributed by atoms with Crippen LogP contribution in [0.3, 0.4) is 0 Å². The largest absolute Gasteiger partial charge is 0.320 e. The summed E-state index contributed by atoms with van der Waals surface area (Å²) in [7, 11) is -2.79. The Morgan fingerprint density at radius 2 is 2.11 bits per heavy atom. The summed E-state index contributed by atoms with van der Waals surface area (Å²) < 4.78 is 22.6. The summed E-state index contributed by atoms with van der Waals surface area (Å²) in [5.41, 5.74) is 6.31. The first-order valence-electron chi connectivity index (χ1n) is 5.78. The molecule has 2 N–H and O–H groups in total. The van der Waals surface area contributed by atoms with Crippen LogP contribution in [0, 0.1) is 11.8 Å². The van der Waals surface area contributed by atoms with Gasteiger partial charge in [-0.05, 0) is 6.07 Å². The molecule has 1 aliphatic rings. The highest BCUT2D eigenvalue weighted by atomic mass is 32.2. The van der Waals surface area contributed by atoms with Gasteiger partial charge in [-0.2, -0.15) is 0 Å². The molecular formula is C12H16N2O2S2. The van der Waals surface area contributed by atoms with Crippen molar-refractivity contribution in [2.75, 3.05) is 31.1 Å². The van der Waals surface area contributed by atoms with Crippen molar-refractivity contribution in [2.24, 2.45) is 5.73 Å². The van der Waals surface area contributed by atoms with E-state index >= 15 is 0 Å². The van der Waals surface area contributed by atoms with E-state index in [0.29, 0.717) is 19.6 Å². The van der Waals surface area contributed by atoms with E-state index in [1.54, 1.807) is 11.3 Å². The van der Waals surface area contributed by atoms with Crippen LogP contribution < -0.4 is 5.73 Å². The van der Waals surface area contributed by atoms with E-state index in [-0.39, 0.29) is 11.5 Å². The molecule has 0 aliphatic carbocycles. The minimum absolute atomic E-state index is 0.276. The second kappa shape index (κ2) is 5.85. The quantitative estimate of drug-likeness (QED) is 0.793. The van der Waals surface area contributed by atoms with Gasteiger partial charge in [-0.15, -0.1) is 11.3 Å². The Bertz CT molecular complexity index is 552. The predicted octanol–water partition coefficient (Wildman–Crippen LogP) is 0.289. The van der Waals surface area contributed by atoms with Crippen LogP contribution in [0.15, 0.2) is 11.4 Å². The number of nitrogens with zero attached hydrogens (tertiary/aromatic N) is 1. The summed E-state index contributed by atoms with van der Waals surface area (Å²) in [6, 6.07) is 2.05. The molecule has 98 valence electrons. The van der Waals surface area contributed by atoms with Gasteiger partial charge in [0.05, 0.1) is 18.1 Å². The van der Waals surface area contributed by atoms with Crippen LogP contribution in [0.2, 0.25) is 0 Å². The maximum atomic E-state index is 11.3. The molecule has 0 atom stereocenters. The van der Waals surface area contributed by atoms with E-state index in [0.717, 1.165) is 12.1 Å². The van der Waals surface area contributed by atoms with Crippen LogP contribution >= 0.6 is 11.3 Å². The summed E-state index contributed by atoms with van der Waals surface area (Å²) in [5, 5.41) is 2.01. The number of nitrogens with two attached hydrogens (primary N) is 1. The van der Waals surface area contributed by atoms with Gasteiger partial charge in [0.25, 0.3) is 0 Å². The SMILES string of the molecule is NCC#Cc1csc(CN2CCS(=O)(=O)CC2)c1. The normalized spacial score (nSPS) is 19.2. The lowest BCUT2D eigenvalue weighted by atomic mass is 10.3. The van der Waals surface area contributed by atoms with Crippen molar-refractivity contribution >= 4 is 21.2 Å². The second-order valence-electron chi connectivity index (χ2n) is 4.24. The zero-order chi connectivity index (χ0) is 13.0. The average Bonchev–Trinajstić information content (AvgIpc) is 2.77. The molecule has 4 nitrogen and oxygen atoms in total. The molecule has 0 saturated carbocycles. The van der Waals surface area contributed by atoms with Crippen LogP contribution in [0.4, 0.5) is 0 Å². The number of hydrogen-bond acceptors (Lipinski definition) is 5. The molecule has 0 bridgehead atoms. The van der Waals surface area contributed by atoms with Gasteiger partial charge < -0.3 is 5.73 Å². The third-order valence-corrected chi connectivity index (χ3v) is 5.34. The number of thiophene rings is 1. The monoisotopic (exact) mass is 284 g/mol. The van der Waals surface area contributed by atoms with Crippen molar-refractivity contribution in [1.29, 1.82) is 0 Å². The Hall–Kier alpha value is -0.870. The van der Waals surface area contributed by atoms with Crippen molar-refractivity contribution in [3.63, 3.8) is 0 Å². The van der Waals surface area contributed by atoms with E-state index in [9.17, 15) is 8.42 Å². The number of rotatable bonds is 2. The summed E-state index contributed by atoms with van der Waals surface area (Å²) in [6.07, 6.45) is 0. The van der Waals surface area contributed by atoms with E-state index in [1.807, 2.05) is 5.38 Å². The summed E-state index contributed by atoms with van der Waals surface area (Å²) in [6.45, 7) is 2.44. The first kappa shape index (κ1) is 13.6. The minimum Gasteiger partial charge on any atom is -0.320 e. The van der Waals surface area contributed by atoms with Crippen molar-refractivity contribution in [3.8, 4) is 11.8 Å². The predicted molar refractivity (Wildman–Crippen MR) is 74.2 cm³/mol. The third-order valence-electron chi connectivity index (χ3n) is 2.81. The topological polar surface area (TPSA) is 63.4 Å². The van der Waals surface area contributed by atoms with Gasteiger partial charge in [-0.1, -0.05) is 11.8 Å². The second-order valence-corrected chi connectivity index (χ2v) is 7.53. The molecule has 0 unspecified atom stereocenters. The maximum absolute atomic E-state index is 11.3. The van der Waals surface area contributed by atoms with Crippen LogP contribution in [0.1, 0.15) is 10.4 Å². The van der Waals surface area contributed by atoms with E-state index in [2.05, 4.69) is 22.8 Å². The van der Waals surface area contributed by atoms with Gasteiger partial charge in [0, 0.05) is 35.5 Å². The molecule has 1 fully saturated rings. The van der Waals surface area contributed by atoms with E-state index < -0.39 is 9.84 Å². The Kier molecular flexibility index (Phi) is 4.40. The average molecular weight is 284 g/mol. The zero-order valence-electron chi connectivity index (χ0n) is 10.1. The first-order valence-corrected chi connectivity index (χ1v) is 8.48. The zero-order valence-corrected chi connectivity index (χ0v) is 11.7. The highest BCUT2D eigenvalue weighted by Crippen LogP contribution is 2.17. The highest BCUT2D eigenvalue weighted by Gasteiger charge is 2.21. The lowest BCUT2D eigenvalue weighted by molar-refractivity contribution is 0.290. The van der Waals surface area contributed by atoms with Crippen LogP contribution in [0.25, 0.3) is 0 Å². The Labute approximate surface area is 112 Å². The molecule has 0 radical (unpaired) electrons. The molecular weight excluding hydrogens is 268 g/mol. The molecule has 2 heterocycles. The van der Waals surface area contributed by atoms with Crippen LogP contribution in [0.5, 0.6) is 0 Å². The van der Waals surface area contributed by atoms with Crippen molar-refractivity contribution in [1.82, 2.24) is 4.90 Å². The summed E-state index contributed by atoms with van der Waals surface area (Å²) >= 11 is 1.66. The Morgan fingerprint density at radius 3 is 2.78 bits per heavy atom. The fourth-order valence-corrected chi connectivity index (χ4v) is 3.95. The first-order chi connectivity index (χ1) is 8.59. The lowest BCUT2D eigenvalue weighted by Gasteiger charge is -2.25. The van der Waals surface area contributed by atoms with Gasteiger partial charge in [-0.25, -0.2) is 8.42 Å².